The highest BCUT2D eigenvalue weighted by Crippen LogP contribution is 2.26. The largest absolute Gasteiger partial charge is 0.467 e. The predicted octanol–water partition coefficient (Wildman–Crippen LogP) is 5.12. The van der Waals surface area contributed by atoms with Crippen LogP contribution in [0.5, 0.6) is 0 Å². The van der Waals surface area contributed by atoms with Gasteiger partial charge < -0.3 is 14.6 Å². The highest BCUT2D eigenvalue weighted by molar-refractivity contribution is 5.66. The molecule has 0 saturated carbocycles. The van der Waals surface area contributed by atoms with E-state index in [1.807, 2.05) is 90.8 Å². The van der Waals surface area contributed by atoms with Gasteiger partial charge >= 0.3 is 0 Å². The molecule has 1 N–H and O–H groups in total. The normalized spacial score (nSPS) is 10.6. The summed E-state index contributed by atoms with van der Waals surface area (Å²) in [6.45, 7) is 0.562. The number of benzene rings is 2. The van der Waals surface area contributed by atoms with Crippen LogP contribution in [0.2, 0.25) is 0 Å². The maximum absolute atomic E-state index is 5.40. The first kappa shape index (κ1) is 16.8. The van der Waals surface area contributed by atoms with E-state index < -0.39 is 0 Å². The van der Waals surface area contributed by atoms with Gasteiger partial charge in [-0.25, -0.2) is 4.98 Å². The number of nitrogens with one attached hydrogen (secondary N) is 1. The van der Waals surface area contributed by atoms with E-state index in [1.165, 1.54) is 0 Å². The van der Waals surface area contributed by atoms with Gasteiger partial charge in [0.15, 0.2) is 0 Å². The van der Waals surface area contributed by atoms with Crippen molar-refractivity contribution in [3.63, 3.8) is 0 Å². The molecule has 0 saturated heterocycles. The third-order valence-electron chi connectivity index (χ3n) is 4.25. The van der Waals surface area contributed by atoms with E-state index in [2.05, 4.69) is 5.32 Å². The zero-order valence-electron chi connectivity index (χ0n) is 15.0. The third-order valence-corrected chi connectivity index (χ3v) is 4.25. The summed E-state index contributed by atoms with van der Waals surface area (Å²) in [4.78, 5) is 11.4. The van der Waals surface area contributed by atoms with Gasteiger partial charge in [-0.15, -0.1) is 0 Å². The summed E-state index contributed by atoms with van der Waals surface area (Å²) in [5, 5.41) is 3.33. The molecular weight excluding hydrogens is 336 g/mol. The molecule has 0 aliphatic carbocycles. The highest BCUT2D eigenvalue weighted by Gasteiger charge is 2.12. The maximum Gasteiger partial charge on any atom is 0.232 e. The van der Waals surface area contributed by atoms with Crippen molar-refractivity contribution in [2.24, 2.45) is 0 Å². The number of nitrogens with zero attached hydrogens (tertiary/aromatic N) is 3. The minimum Gasteiger partial charge on any atom is -0.467 e. The molecule has 0 aliphatic rings. The molecule has 2 heterocycles. The number of rotatable bonds is 6. The zero-order valence-corrected chi connectivity index (χ0v) is 15.0. The first-order valence-corrected chi connectivity index (χ1v) is 8.79. The Balaban J connectivity index is 1.70. The van der Waals surface area contributed by atoms with Crippen molar-refractivity contribution < 1.29 is 4.42 Å². The number of para-hydroxylation sites is 1. The SMILES string of the molecule is CN(c1ccccc1)c1nc(NCc2ccco2)cc(-c2ccccc2)n1. The molecule has 0 amide bonds. The van der Waals surface area contributed by atoms with Crippen LogP contribution in [0.1, 0.15) is 5.76 Å². The molecule has 134 valence electrons. The summed E-state index contributed by atoms with van der Waals surface area (Å²) in [5.41, 5.74) is 2.94. The Kier molecular flexibility index (Phi) is 4.83. The molecule has 27 heavy (non-hydrogen) atoms. The van der Waals surface area contributed by atoms with Gasteiger partial charge in [-0.05, 0) is 24.3 Å². The molecule has 5 heteroatoms. The molecule has 0 atom stereocenters. The molecule has 2 aromatic heterocycles. The van der Waals surface area contributed by atoms with Crippen LogP contribution in [0.25, 0.3) is 11.3 Å². The molecule has 0 bridgehead atoms. The molecular formula is C22H20N4O. The molecule has 0 spiro atoms. The number of aromatic nitrogens is 2. The predicted molar refractivity (Wildman–Crippen MR) is 108 cm³/mol. The Morgan fingerprint density at radius 3 is 2.33 bits per heavy atom. The number of hydrogen-bond donors (Lipinski definition) is 1. The monoisotopic (exact) mass is 356 g/mol. The summed E-state index contributed by atoms with van der Waals surface area (Å²) >= 11 is 0. The van der Waals surface area contributed by atoms with Crippen molar-refractivity contribution in [3.05, 3.63) is 90.9 Å². The lowest BCUT2D eigenvalue weighted by Crippen LogP contribution is -2.14. The molecule has 0 unspecified atom stereocenters. The third kappa shape index (κ3) is 3.98. The van der Waals surface area contributed by atoms with Gasteiger partial charge in [-0.3, -0.25) is 0 Å². The Morgan fingerprint density at radius 2 is 1.63 bits per heavy atom. The fraction of sp³-hybridized carbons (Fsp3) is 0.0909. The van der Waals surface area contributed by atoms with Crippen molar-refractivity contribution in [2.45, 2.75) is 6.54 Å². The summed E-state index contributed by atoms with van der Waals surface area (Å²) in [7, 11) is 1.97. The zero-order chi connectivity index (χ0) is 18.5. The Morgan fingerprint density at radius 1 is 0.889 bits per heavy atom. The average molecular weight is 356 g/mol. The number of hydrogen-bond acceptors (Lipinski definition) is 5. The van der Waals surface area contributed by atoms with Crippen molar-refractivity contribution in [1.29, 1.82) is 0 Å². The van der Waals surface area contributed by atoms with E-state index in [9.17, 15) is 0 Å². The van der Waals surface area contributed by atoms with Gasteiger partial charge in [0, 0.05) is 24.4 Å². The van der Waals surface area contributed by atoms with Crippen LogP contribution < -0.4 is 10.2 Å². The second-order valence-electron chi connectivity index (χ2n) is 6.13. The van der Waals surface area contributed by atoms with Crippen LogP contribution >= 0.6 is 0 Å². The fourth-order valence-corrected chi connectivity index (χ4v) is 2.79. The first-order valence-electron chi connectivity index (χ1n) is 8.79. The Hall–Kier alpha value is -3.60. The Bertz CT molecular complexity index is 986. The number of furan rings is 1. The van der Waals surface area contributed by atoms with Crippen LogP contribution in [0.4, 0.5) is 17.5 Å². The van der Waals surface area contributed by atoms with Gasteiger partial charge in [-0.2, -0.15) is 4.98 Å². The van der Waals surface area contributed by atoms with Crippen LogP contribution in [-0.4, -0.2) is 17.0 Å². The van der Waals surface area contributed by atoms with E-state index in [0.29, 0.717) is 12.5 Å². The lowest BCUT2D eigenvalue weighted by molar-refractivity contribution is 0.518. The van der Waals surface area contributed by atoms with Gasteiger partial charge in [0.2, 0.25) is 5.95 Å². The van der Waals surface area contributed by atoms with E-state index in [0.717, 1.165) is 28.5 Å². The average Bonchev–Trinajstić information content (AvgIpc) is 3.26. The second-order valence-corrected chi connectivity index (χ2v) is 6.13. The van der Waals surface area contributed by atoms with Crippen LogP contribution in [0.3, 0.4) is 0 Å². The van der Waals surface area contributed by atoms with Crippen molar-refractivity contribution in [3.8, 4) is 11.3 Å². The van der Waals surface area contributed by atoms with Crippen LogP contribution in [0, 0.1) is 0 Å². The van der Waals surface area contributed by atoms with E-state index >= 15 is 0 Å². The highest BCUT2D eigenvalue weighted by atomic mass is 16.3. The fourth-order valence-electron chi connectivity index (χ4n) is 2.79. The minimum absolute atomic E-state index is 0.562. The lowest BCUT2D eigenvalue weighted by atomic mass is 10.1. The summed E-state index contributed by atoms with van der Waals surface area (Å²) < 4.78 is 5.40. The van der Waals surface area contributed by atoms with E-state index in [-0.39, 0.29) is 0 Å². The van der Waals surface area contributed by atoms with E-state index in [4.69, 9.17) is 14.4 Å². The van der Waals surface area contributed by atoms with Gasteiger partial charge in [-0.1, -0.05) is 48.5 Å². The lowest BCUT2D eigenvalue weighted by Gasteiger charge is -2.19. The second kappa shape index (κ2) is 7.74. The topological polar surface area (TPSA) is 54.2 Å². The van der Waals surface area contributed by atoms with Gasteiger partial charge in [0.05, 0.1) is 18.5 Å². The maximum atomic E-state index is 5.40. The molecule has 4 rings (SSSR count). The molecule has 5 nitrogen and oxygen atoms in total. The molecule has 2 aromatic carbocycles. The van der Waals surface area contributed by atoms with Crippen LogP contribution in [0.15, 0.2) is 89.5 Å². The summed E-state index contributed by atoms with van der Waals surface area (Å²) in [6.07, 6.45) is 1.67. The van der Waals surface area contributed by atoms with Crippen molar-refractivity contribution in [1.82, 2.24) is 9.97 Å². The summed E-state index contributed by atoms with van der Waals surface area (Å²) in [6, 6.07) is 25.9. The Labute approximate surface area is 158 Å². The number of anilines is 3. The molecule has 0 fully saturated rings. The first-order chi connectivity index (χ1) is 13.3. The summed E-state index contributed by atoms with van der Waals surface area (Å²) in [5.74, 6) is 2.23. The van der Waals surface area contributed by atoms with Gasteiger partial charge in [0.25, 0.3) is 0 Å². The standard InChI is InChI=1S/C22H20N4O/c1-26(18-11-6-3-7-12-18)22-24-20(17-9-4-2-5-10-17)15-21(25-22)23-16-19-13-8-14-27-19/h2-15H,16H2,1H3,(H,23,24,25). The smallest absolute Gasteiger partial charge is 0.232 e. The van der Waals surface area contributed by atoms with Crippen molar-refractivity contribution >= 4 is 17.5 Å². The van der Waals surface area contributed by atoms with Crippen molar-refractivity contribution in [2.75, 3.05) is 17.3 Å². The molecule has 0 aliphatic heterocycles. The van der Waals surface area contributed by atoms with Gasteiger partial charge in [0.1, 0.15) is 11.6 Å². The minimum atomic E-state index is 0.562. The van der Waals surface area contributed by atoms with E-state index in [1.54, 1.807) is 6.26 Å². The van der Waals surface area contributed by atoms with Crippen LogP contribution in [-0.2, 0) is 6.54 Å². The molecule has 4 aromatic rings. The quantitative estimate of drug-likeness (QED) is 0.520. The molecule has 0 radical (unpaired) electrons.